The average Bonchev–Trinajstić information content (AvgIpc) is 2.74. The monoisotopic (exact) mass is 290 g/mol. The molecule has 4 nitrogen and oxygen atoms in total. The second kappa shape index (κ2) is 5.50. The molecule has 2 rings (SSSR count). The Morgan fingerprint density at radius 3 is 3.00 bits per heavy atom. The maximum absolute atomic E-state index is 13.5. The number of thiazole rings is 1. The SMILES string of the molecule is CCc1ncc(CN2CC(C(=O)O)CC(F)(F)C2)s1. The number of aromatic nitrogens is 1. The number of carboxylic acids is 1. The molecule has 0 aromatic carbocycles. The van der Waals surface area contributed by atoms with Crippen LogP contribution in [0.5, 0.6) is 0 Å². The number of aryl methyl sites for hydroxylation is 1. The average molecular weight is 290 g/mol. The summed E-state index contributed by atoms with van der Waals surface area (Å²) in [5.41, 5.74) is 0. The molecule has 0 amide bonds. The number of likely N-dealkylation sites (tertiary alicyclic amines) is 1. The number of carbonyl (C=O) groups is 1. The van der Waals surface area contributed by atoms with Crippen LogP contribution >= 0.6 is 11.3 Å². The highest BCUT2D eigenvalue weighted by molar-refractivity contribution is 7.11. The summed E-state index contributed by atoms with van der Waals surface area (Å²) in [5, 5.41) is 9.89. The molecule has 0 radical (unpaired) electrons. The molecule has 0 bridgehead atoms. The molecule has 7 heteroatoms. The lowest BCUT2D eigenvalue weighted by Gasteiger charge is -2.35. The normalized spacial score (nSPS) is 23.4. The maximum atomic E-state index is 13.5. The van der Waals surface area contributed by atoms with Crippen molar-refractivity contribution in [2.75, 3.05) is 13.1 Å². The number of rotatable bonds is 4. The summed E-state index contributed by atoms with van der Waals surface area (Å²) in [7, 11) is 0. The van der Waals surface area contributed by atoms with Crippen LogP contribution < -0.4 is 0 Å². The molecule has 0 spiro atoms. The molecule has 1 aliphatic rings. The van der Waals surface area contributed by atoms with Gasteiger partial charge >= 0.3 is 5.97 Å². The van der Waals surface area contributed by atoms with Crippen molar-refractivity contribution in [2.24, 2.45) is 5.92 Å². The Morgan fingerprint density at radius 2 is 2.42 bits per heavy atom. The van der Waals surface area contributed by atoms with Crippen molar-refractivity contribution in [2.45, 2.75) is 32.2 Å². The number of carboxylic acid groups (broad SMARTS) is 1. The summed E-state index contributed by atoms with van der Waals surface area (Å²) in [6.45, 7) is 2.12. The maximum Gasteiger partial charge on any atom is 0.308 e. The van der Waals surface area contributed by atoms with E-state index < -0.39 is 24.2 Å². The van der Waals surface area contributed by atoms with E-state index >= 15 is 0 Å². The number of piperidine rings is 1. The Kier molecular flexibility index (Phi) is 4.15. The molecule has 1 atom stereocenters. The van der Waals surface area contributed by atoms with E-state index in [1.807, 2.05) is 6.92 Å². The summed E-state index contributed by atoms with van der Waals surface area (Å²) in [6.07, 6.45) is 1.94. The van der Waals surface area contributed by atoms with E-state index in [0.717, 1.165) is 16.3 Å². The van der Waals surface area contributed by atoms with E-state index in [1.54, 1.807) is 6.20 Å². The molecule has 1 aliphatic heterocycles. The van der Waals surface area contributed by atoms with Gasteiger partial charge in [0.25, 0.3) is 5.92 Å². The van der Waals surface area contributed by atoms with Gasteiger partial charge in [0.15, 0.2) is 0 Å². The van der Waals surface area contributed by atoms with Crippen LogP contribution in [0.1, 0.15) is 23.2 Å². The molecular weight excluding hydrogens is 274 g/mol. The van der Waals surface area contributed by atoms with Crippen LogP contribution in [0.25, 0.3) is 0 Å². The van der Waals surface area contributed by atoms with E-state index in [9.17, 15) is 13.6 Å². The molecule has 106 valence electrons. The van der Waals surface area contributed by atoms with Crippen LogP contribution in [0.3, 0.4) is 0 Å². The Bertz CT molecular complexity index is 464. The molecule has 2 heterocycles. The predicted octanol–water partition coefficient (Wildman–Crippen LogP) is 2.25. The first-order chi connectivity index (χ1) is 8.89. The van der Waals surface area contributed by atoms with Crippen molar-refractivity contribution >= 4 is 17.3 Å². The quantitative estimate of drug-likeness (QED) is 0.924. The van der Waals surface area contributed by atoms with Crippen LogP contribution in [-0.4, -0.2) is 40.0 Å². The standard InChI is InChI=1S/C12H16F2N2O2S/c1-2-10-15-4-9(19-10)6-16-5-8(11(17)18)3-12(13,14)7-16/h4,8H,2-3,5-7H2,1H3,(H,17,18). The Labute approximate surface area is 114 Å². The molecule has 19 heavy (non-hydrogen) atoms. The predicted molar refractivity (Wildman–Crippen MR) is 67.5 cm³/mol. The van der Waals surface area contributed by atoms with Crippen molar-refractivity contribution in [1.29, 1.82) is 0 Å². The van der Waals surface area contributed by atoms with Gasteiger partial charge in [0, 0.05) is 30.6 Å². The number of hydrogen-bond acceptors (Lipinski definition) is 4. The molecule has 1 N–H and O–H groups in total. The lowest BCUT2D eigenvalue weighted by atomic mass is 9.95. The third kappa shape index (κ3) is 3.70. The van der Waals surface area contributed by atoms with Gasteiger partial charge in [-0.3, -0.25) is 9.69 Å². The van der Waals surface area contributed by atoms with Crippen molar-refractivity contribution in [3.8, 4) is 0 Å². The van der Waals surface area contributed by atoms with Gasteiger partial charge in [0.2, 0.25) is 0 Å². The highest BCUT2D eigenvalue weighted by Crippen LogP contribution is 2.31. The van der Waals surface area contributed by atoms with E-state index in [-0.39, 0.29) is 13.1 Å². The van der Waals surface area contributed by atoms with E-state index in [0.29, 0.717) is 6.54 Å². The van der Waals surface area contributed by atoms with Crippen molar-refractivity contribution in [3.05, 3.63) is 16.1 Å². The first-order valence-corrected chi connectivity index (χ1v) is 6.98. The van der Waals surface area contributed by atoms with Gasteiger partial charge in [0.1, 0.15) is 0 Å². The molecule has 1 unspecified atom stereocenters. The summed E-state index contributed by atoms with van der Waals surface area (Å²) in [4.78, 5) is 17.5. The number of halogens is 2. The summed E-state index contributed by atoms with van der Waals surface area (Å²) >= 11 is 1.49. The van der Waals surface area contributed by atoms with Crippen LogP contribution in [0.4, 0.5) is 8.78 Å². The van der Waals surface area contributed by atoms with Gasteiger partial charge in [-0.1, -0.05) is 6.92 Å². The van der Waals surface area contributed by atoms with Crippen LogP contribution in [-0.2, 0) is 17.8 Å². The lowest BCUT2D eigenvalue weighted by molar-refractivity contribution is -0.153. The smallest absolute Gasteiger partial charge is 0.308 e. The molecule has 1 aromatic heterocycles. The van der Waals surface area contributed by atoms with E-state index in [2.05, 4.69) is 4.98 Å². The van der Waals surface area contributed by atoms with Gasteiger partial charge in [0.05, 0.1) is 17.5 Å². The fourth-order valence-corrected chi connectivity index (χ4v) is 3.19. The van der Waals surface area contributed by atoms with Crippen LogP contribution in [0, 0.1) is 5.92 Å². The topological polar surface area (TPSA) is 53.4 Å². The zero-order valence-corrected chi connectivity index (χ0v) is 11.4. The first kappa shape index (κ1) is 14.3. The molecule has 0 aliphatic carbocycles. The molecule has 1 fully saturated rings. The molecule has 1 saturated heterocycles. The number of hydrogen-bond donors (Lipinski definition) is 1. The van der Waals surface area contributed by atoms with Gasteiger partial charge in [-0.15, -0.1) is 11.3 Å². The molecule has 0 saturated carbocycles. The van der Waals surface area contributed by atoms with E-state index in [4.69, 9.17) is 5.11 Å². The van der Waals surface area contributed by atoms with Gasteiger partial charge in [-0.2, -0.15) is 0 Å². The minimum Gasteiger partial charge on any atom is -0.481 e. The van der Waals surface area contributed by atoms with Crippen molar-refractivity contribution in [3.63, 3.8) is 0 Å². The Hall–Kier alpha value is -1.08. The molecular formula is C12H16F2N2O2S. The second-order valence-electron chi connectivity index (χ2n) is 4.84. The Balaban J connectivity index is 2.04. The Morgan fingerprint density at radius 1 is 1.68 bits per heavy atom. The lowest BCUT2D eigenvalue weighted by Crippen LogP contribution is -2.48. The minimum atomic E-state index is -2.93. The van der Waals surface area contributed by atoms with Gasteiger partial charge < -0.3 is 5.11 Å². The largest absolute Gasteiger partial charge is 0.481 e. The number of alkyl halides is 2. The van der Waals surface area contributed by atoms with Gasteiger partial charge in [-0.25, -0.2) is 13.8 Å². The third-order valence-corrected chi connectivity index (χ3v) is 4.24. The first-order valence-electron chi connectivity index (χ1n) is 6.16. The number of nitrogens with zero attached hydrogens (tertiary/aromatic N) is 2. The summed E-state index contributed by atoms with van der Waals surface area (Å²) in [5.74, 6) is -5.08. The minimum absolute atomic E-state index is 0.171. The highest BCUT2D eigenvalue weighted by Gasteiger charge is 2.42. The molecule has 1 aromatic rings. The highest BCUT2D eigenvalue weighted by atomic mass is 32.1. The van der Waals surface area contributed by atoms with Crippen LogP contribution in [0.15, 0.2) is 6.20 Å². The van der Waals surface area contributed by atoms with Crippen molar-refractivity contribution < 1.29 is 18.7 Å². The van der Waals surface area contributed by atoms with E-state index in [1.165, 1.54) is 16.2 Å². The third-order valence-electron chi connectivity index (χ3n) is 3.11. The summed E-state index contributed by atoms with van der Waals surface area (Å²) < 4.78 is 27.0. The fourth-order valence-electron chi connectivity index (χ4n) is 2.28. The summed E-state index contributed by atoms with van der Waals surface area (Å²) in [6, 6.07) is 0. The van der Waals surface area contributed by atoms with Crippen molar-refractivity contribution in [1.82, 2.24) is 9.88 Å². The zero-order chi connectivity index (χ0) is 14.0. The zero-order valence-electron chi connectivity index (χ0n) is 10.6. The second-order valence-corrected chi connectivity index (χ2v) is 6.04. The van der Waals surface area contributed by atoms with Crippen LogP contribution in [0.2, 0.25) is 0 Å². The number of aliphatic carboxylic acids is 1. The fraction of sp³-hybridized carbons (Fsp3) is 0.667. The van der Waals surface area contributed by atoms with Gasteiger partial charge in [-0.05, 0) is 6.42 Å².